The van der Waals surface area contributed by atoms with Crippen LogP contribution in [0.2, 0.25) is 0 Å². The number of fused-ring (bicyclic) bond motifs is 1. The zero-order chi connectivity index (χ0) is 17.9. The van der Waals surface area contributed by atoms with Gasteiger partial charge in [-0.2, -0.15) is 0 Å². The number of amides is 1. The van der Waals surface area contributed by atoms with Crippen molar-refractivity contribution in [1.82, 2.24) is 5.32 Å². The number of carbonyl (C=O) groups is 1. The predicted octanol–water partition coefficient (Wildman–Crippen LogP) is 4.74. The second kappa shape index (κ2) is 7.06. The molecule has 128 valence electrons. The highest BCUT2D eigenvalue weighted by molar-refractivity contribution is 8.18. The lowest BCUT2D eigenvalue weighted by Gasteiger charge is -2.03. The summed E-state index contributed by atoms with van der Waals surface area (Å²) in [5.74, 6) is 0.704. The first-order chi connectivity index (χ1) is 12.7. The van der Waals surface area contributed by atoms with E-state index in [1.807, 2.05) is 66.7 Å². The third-order valence-electron chi connectivity index (χ3n) is 4.01. The van der Waals surface area contributed by atoms with Crippen LogP contribution in [-0.4, -0.2) is 18.2 Å². The second-order valence-electron chi connectivity index (χ2n) is 5.79. The molecular formula is C21H16N2O2S. The zero-order valence-corrected chi connectivity index (χ0v) is 14.9. The molecule has 3 aromatic rings. The Morgan fingerprint density at radius 3 is 2.58 bits per heavy atom. The van der Waals surface area contributed by atoms with Gasteiger partial charge < -0.3 is 10.1 Å². The molecule has 1 aliphatic heterocycles. The van der Waals surface area contributed by atoms with Gasteiger partial charge in [0, 0.05) is 0 Å². The first kappa shape index (κ1) is 16.4. The largest absolute Gasteiger partial charge is 0.497 e. The zero-order valence-electron chi connectivity index (χ0n) is 14.1. The standard InChI is InChI=1S/C21H16N2O2S/c1-25-18-10-9-15-11-14(7-8-16(15)13-18)12-19-20(24)23-21(26-19)22-17-5-3-2-4-6-17/h2-13H,1H3,(H,22,23,24)/b19-12-. The molecule has 0 spiro atoms. The molecule has 1 saturated heterocycles. The van der Waals surface area contributed by atoms with Crippen molar-refractivity contribution in [3.63, 3.8) is 0 Å². The summed E-state index contributed by atoms with van der Waals surface area (Å²) in [7, 11) is 1.66. The van der Waals surface area contributed by atoms with E-state index in [0.29, 0.717) is 10.1 Å². The molecule has 4 rings (SSSR count). The minimum Gasteiger partial charge on any atom is -0.497 e. The van der Waals surface area contributed by atoms with Gasteiger partial charge in [0.1, 0.15) is 5.75 Å². The maximum atomic E-state index is 12.2. The fourth-order valence-electron chi connectivity index (χ4n) is 2.71. The average Bonchev–Trinajstić information content (AvgIpc) is 3.01. The number of carbonyl (C=O) groups excluding carboxylic acids is 1. The van der Waals surface area contributed by atoms with Crippen molar-refractivity contribution in [2.24, 2.45) is 4.99 Å². The van der Waals surface area contributed by atoms with Crippen LogP contribution in [0.4, 0.5) is 5.69 Å². The van der Waals surface area contributed by atoms with Crippen molar-refractivity contribution in [2.75, 3.05) is 7.11 Å². The summed E-state index contributed by atoms with van der Waals surface area (Å²) in [4.78, 5) is 17.3. The predicted molar refractivity (Wildman–Crippen MR) is 108 cm³/mol. The van der Waals surface area contributed by atoms with E-state index in [4.69, 9.17) is 4.74 Å². The molecule has 1 heterocycles. The van der Waals surface area contributed by atoms with Gasteiger partial charge in [0.05, 0.1) is 17.7 Å². The smallest absolute Gasteiger partial charge is 0.264 e. The molecule has 0 radical (unpaired) electrons. The van der Waals surface area contributed by atoms with Gasteiger partial charge in [-0.15, -0.1) is 0 Å². The minimum atomic E-state index is -0.125. The number of rotatable bonds is 3. The number of hydrogen-bond donors (Lipinski definition) is 1. The topological polar surface area (TPSA) is 50.7 Å². The maximum absolute atomic E-state index is 12.2. The molecule has 0 saturated carbocycles. The Balaban J connectivity index is 1.61. The lowest BCUT2D eigenvalue weighted by molar-refractivity contribution is -0.115. The van der Waals surface area contributed by atoms with E-state index in [1.165, 1.54) is 11.8 Å². The Bertz CT molecular complexity index is 1040. The summed E-state index contributed by atoms with van der Waals surface area (Å²) >= 11 is 1.35. The number of thioether (sulfide) groups is 1. The van der Waals surface area contributed by atoms with Gasteiger partial charge in [-0.1, -0.05) is 36.4 Å². The molecule has 0 atom stereocenters. The van der Waals surface area contributed by atoms with Crippen molar-refractivity contribution in [2.45, 2.75) is 0 Å². The van der Waals surface area contributed by atoms with Crippen LogP contribution < -0.4 is 10.1 Å². The SMILES string of the molecule is COc1ccc2cc(/C=C3\SC(=Nc4ccccc4)NC3=O)ccc2c1. The summed E-state index contributed by atoms with van der Waals surface area (Å²) in [6.07, 6.45) is 1.89. The van der Waals surface area contributed by atoms with E-state index in [0.717, 1.165) is 27.8 Å². The number of methoxy groups -OCH3 is 1. The highest BCUT2D eigenvalue weighted by Gasteiger charge is 2.23. The number of hydrogen-bond acceptors (Lipinski definition) is 4. The summed E-state index contributed by atoms with van der Waals surface area (Å²) in [5.41, 5.74) is 1.79. The lowest BCUT2D eigenvalue weighted by atomic mass is 10.1. The van der Waals surface area contributed by atoms with Crippen molar-refractivity contribution < 1.29 is 9.53 Å². The molecular weight excluding hydrogens is 344 g/mol. The van der Waals surface area contributed by atoms with E-state index >= 15 is 0 Å². The van der Waals surface area contributed by atoms with Crippen molar-refractivity contribution in [3.8, 4) is 5.75 Å². The lowest BCUT2D eigenvalue weighted by Crippen LogP contribution is -2.19. The van der Waals surface area contributed by atoms with Gasteiger partial charge in [0.25, 0.3) is 5.91 Å². The Morgan fingerprint density at radius 1 is 1.00 bits per heavy atom. The van der Waals surface area contributed by atoms with Crippen LogP contribution in [0.1, 0.15) is 5.56 Å². The Morgan fingerprint density at radius 2 is 1.77 bits per heavy atom. The van der Waals surface area contributed by atoms with E-state index in [-0.39, 0.29) is 5.91 Å². The van der Waals surface area contributed by atoms with Crippen LogP contribution in [0.5, 0.6) is 5.75 Å². The van der Waals surface area contributed by atoms with Crippen LogP contribution in [-0.2, 0) is 4.79 Å². The van der Waals surface area contributed by atoms with Crippen molar-refractivity contribution >= 4 is 45.4 Å². The van der Waals surface area contributed by atoms with Gasteiger partial charge in [0.15, 0.2) is 5.17 Å². The van der Waals surface area contributed by atoms with Gasteiger partial charge in [-0.05, 0) is 64.5 Å². The maximum Gasteiger partial charge on any atom is 0.264 e. The number of nitrogens with one attached hydrogen (secondary N) is 1. The van der Waals surface area contributed by atoms with E-state index in [2.05, 4.69) is 16.4 Å². The van der Waals surface area contributed by atoms with Crippen LogP contribution >= 0.6 is 11.8 Å². The Kier molecular flexibility index (Phi) is 4.46. The highest BCUT2D eigenvalue weighted by atomic mass is 32.2. The second-order valence-corrected chi connectivity index (χ2v) is 6.82. The summed E-state index contributed by atoms with van der Waals surface area (Å²) in [6.45, 7) is 0. The molecule has 1 aliphatic rings. The molecule has 1 N–H and O–H groups in total. The highest BCUT2D eigenvalue weighted by Crippen LogP contribution is 2.29. The van der Waals surface area contributed by atoms with Crippen LogP contribution in [0.25, 0.3) is 16.8 Å². The van der Waals surface area contributed by atoms with Gasteiger partial charge >= 0.3 is 0 Å². The number of benzene rings is 3. The van der Waals surface area contributed by atoms with Crippen LogP contribution in [0.3, 0.4) is 0 Å². The molecule has 1 amide bonds. The van der Waals surface area contributed by atoms with E-state index < -0.39 is 0 Å². The quantitative estimate of drug-likeness (QED) is 0.687. The number of amidine groups is 1. The van der Waals surface area contributed by atoms with Crippen LogP contribution in [0.15, 0.2) is 76.6 Å². The van der Waals surface area contributed by atoms with Crippen LogP contribution in [0, 0.1) is 0 Å². The summed E-state index contributed by atoms with van der Waals surface area (Å²) < 4.78 is 5.25. The average molecular weight is 360 g/mol. The Labute approximate surface area is 155 Å². The molecule has 0 aromatic heterocycles. The third-order valence-corrected chi connectivity index (χ3v) is 4.92. The summed E-state index contributed by atoms with van der Waals surface area (Å²) in [5, 5.41) is 5.61. The van der Waals surface area contributed by atoms with E-state index in [1.54, 1.807) is 7.11 Å². The number of para-hydroxylation sites is 1. The molecule has 0 bridgehead atoms. The monoisotopic (exact) mass is 360 g/mol. The van der Waals surface area contributed by atoms with Crippen molar-refractivity contribution in [1.29, 1.82) is 0 Å². The number of nitrogens with zero attached hydrogens (tertiary/aromatic N) is 1. The normalized spacial score (nSPS) is 17.0. The minimum absolute atomic E-state index is 0.125. The molecule has 26 heavy (non-hydrogen) atoms. The van der Waals surface area contributed by atoms with Gasteiger partial charge in [0.2, 0.25) is 0 Å². The summed E-state index contributed by atoms with van der Waals surface area (Å²) in [6, 6.07) is 21.6. The molecule has 0 unspecified atom stereocenters. The molecule has 1 fully saturated rings. The molecule has 4 nitrogen and oxygen atoms in total. The third kappa shape index (κ3) is 3.48. The van der Waals surface area contributed by atoms with Gasteiger partial charge in [-0.25, -0.2) is 4.99 Å². The first-order valence-corrected chi connectivity index (χ1v) is 8.95. The number of ether oxygens (including phenoxy) is 1. The molecule has 3 aromatic carbocycles. The molecule has 0 aliphatic carbocycles. The van der Waals surface area contributed by atoms with Crippen molar-refractivity contribution in [3.05, 3.63) is 77.2 Å². The fraction of sp³-hybridized carbons (Fsp3) is 0.0476. The first-order valence-electron chi connectivity index (χ1n) is 8.14. The Hall–Kier alpha value is -3.05. The molecule has 5 heteroatoms. The fourth-order valence-corrected chi connectivity index (χ4v) is 3.55. The number of aliphatic imine (C=N–C) groups is 1. The van der Waals surface area contributed by atoms with E-state index in [9.17, 15) is 4.79 Å². The van der Waals surface area contributed by atoms with Gasteiger partial charge in [-0.3, -0.25) is 4.79 Å².